The van der Waals surface area contributed by atoms with Crippen molar-refractivity contribution in [1.82, 2.24) is 10.1 Å². The second-order valence-electron chi connectivity index (χ2n) is 6.92. The van der Waals surface area contributed by atoms with Crippen LogP contribution in [0.5, 0.6) is 0 Å². The van der Waals surface area contributed by atoms with Gasteiger partial charge in [0.1, 0.15) is 11.5 Å². The molecule has 0 unspecified atom stereocenters. The molecule has 0 aliphatic heterocycles. The van der Waals surface area contributed by atoms with Crippen LogP contribution in [0.1, 0.15) is 17.3 Å². The summed E-state index contributed by atoms with van der Waals surface area (Å²) in [6.07, 6.45) is 1.03. The molecule has 6 nitrogen and oxygen atoms in total. The number of rotatable bonds is 5. The molecular formula is C21H17ClFN3O3S. The summed E-state index contributed by atoms with van der Waals surface area (Å²) in [5.41, 5.74) is 8.93. The van der Waals surface area contributed by atoms with Gasteiger partial charge in [0.15, 0.2) is 20.4 Å². The van der Waals surface area contributed by atoms with Gasteiger partial charge in [0, 0.05) is 40.8 Å². The smallest absolute Gasteiger partial charge is 0.192 e. The molecule has 2 N–H and O–H groups in total. The minimum absolute atomic E-state index is 0.00776. The summed E-state index contributed by atoms with van der Waals surface area (Å²) in [5, 5.41) is 5.26. The second kappa shape index (κ2) is 7.79. The van der Waals surface area contributed by atoms with E-state index < -0.39 is 21.7 Å². The molecule has 0 aliphatic carbocycles. The van der Waals surface area contributed by atoms with Crippen LogP contribution in [0.2, 0.25) is 5.02 Å². The number of hydrogen-bond donors (Lipinski definition) is 1. The first-order valence-corrected chi connectivity index (χ1v) is 11.3. The zero-order valence-electron chi connectivity index (χ0n) is 15.8. The summed E-state index contributed by atoms with van der Waals surface area (Å²) < 4.78 is 43.2. The number of hydrogen-bond acceptors (Lipinski definition) is 6. The van der Waals surface area contributed by atoms with E-state index >= 15 is 0 Å². The van der Waals surface area contributed by atoms with Gasteiger partial charge in [-0.15, -0.1) is 0 Å². The third-order valence-corrected chi connectivity index (χ3v) is 5.96. The quantitative estimate of drug-likeness (QED) is 0.491. The molecule has 0 saturated heterocycles. The molecule has 1 atom stereocenters. The van der Waals surface area contributed by atoms with Crippen LogP contribution in [-0.2, 0) is 16.3 Å². The zero-order chi connectivity index (χ0) is 21.5. The van der Waals surface area contributed by atoms with Crippen molar-refractivity contribution in [1.29, 1.82) is 0 Å². The van der Waals surface area contributed by atoms with Crippen molar-refractivity contribution < 1.29 is 17.3 Å². The van der Waals surface area contributed by atoms with E-state index in [1.807, 2.05) is 30.3 Å². The van der Waals surface area contributed by atoms with Gasteiger partial charge in [-0.25, -0.2) is 17.8 Å². The summed E-state index contributed by atoms with van der Waals surface area (Å²) in [6, 6.07) is 14.1. The van der Waals surface area contributed by atoms with Crippen LogP contribution in [0.4, 0.5) is 4.39 Å². The SMILES string of the molecule is CS(=O)(=O)c1ccc(F)c(C[C@H](N)c2ccccc2-c2noc3cc(Cl)ccc23)n1. The molecule has 154 valence electrons. The number of nitrogens with two attached hydrogens (primary N) is 1. The topological polar surface area (TPSA) is 99.1 Å². The molecule has 0 radical (unpaired) electrons. The Morgan fingerprint density at radius 1 is 1.17 bits per heavy atom. The Labute approximate surface area is 177 Å². The van der Waals surface area contributed by atoms with Crippen molar-refractivity contribution in [2.75, 3.05) is 6.26 Å². The minimum atomic E-state index is -3.57. The van der Waals surface area contributed by atoms with Crippen LogP contribution in [0.3, 0.4) is 0 Å². The van der Waals surface area contributed by atoms with Crippen LogP contribution < -0.4 is 5.73 Å². The van der Waals surface area contributed by atoms with E-state index in [1.54, 1.807) is 12.1 Å². The maximum Gasteiger partial charge on any atom is 0.192 e. The normalized spacial score (nSPS) is 12.9. The van der Waals surface area contributed by atoms with Gasteiger partial charge in [0.05, 0.1) is 5.69 Å². The van der Waals surface area contributed by atoms with E-state index in [1.165, 1.54) is 0 Å². The highest BCUT2D eigenvalue weighted by molar-refractivity contribution is 7.90. The van der Waals surface area contributed by atoms with Crippen molar-refractivity contribution in [2.45, 2.75) is 17.5 Å². The molecule has 2 heterocycles. The van der Waals surface area contributed by atoms with Crippen LogP contribution in [0.15, 0.2) is 64.1 Å². The summed E-state index contributed by atoms with van der Waals surface area (Å²) >= 11 is 6.01. The molecule has 9 heteroatoms. The van der Waals surface area contributed by atoms with E-state index in [-0.39, 0.29) is 17.1 Å². The van der Waals surface area contributed by atoms with Crippen LogP contribution >= 0.6 is 11.6 Å². The highest BCUT2D eigenvalue weighted by Crippen LogP contribution is 2.34. The maximum absolute atomic E-state index is 14.3. The Morgan fingerprint density at radius 2 is 1.93 bits per heavy atom. The molecule has 2 aromatic heterocycles. The summed E-state index contributed by atoms with van der Waals surface area (Å²) in [6.45, 7) is 0. The lowest BCUT2D eigenvalue weighted by Crippen LogP contribution is -2.17. The Morgan fingerprint density at radius 3 is 2.70 bits per heavy atom. The molecule has 0 amide bonds. The lowest BCUT2D eigenvalue weighted by Gasteiger charge is -2.16. The fourth-order valence-electron chi connectivity index (χ4n) is 3.27. The highest BCUT2D eigenvalue weighted by Gasteiger charge is 2.21. The van der Waals surface area contributed by atoms with Crippen molar-refractivity contribution in [3.05, 3.63) is 76.7 Å². The Kier molecular flexibility index (Phi) is 5.31. The summed E-state index contributed by atoms with van der Waals surface area (Å²) in [4.78, 5) is 3.97. The average Bonchev–Trinajstić information content (AvgIpc) is 3.11. The number of halogens is 2. The van der Waals surface area contributed by atoms with Gasteiger partial charge in [0.25, 0.3) is 0 Å². The van der Waals surface area contributed by atoms with Crippen LogP contribution in [0, 0.1) is 5.82 Å². The van der Waals surface area contributed by atoms with Gasteiger partial charge in [-0.2, -0.15) is 0 Å². The van der Waals surface area contributed by atoms with E-state index in [2.05, 4.69) is 10.1 Å². The lowest BCUT2D eigenvalue weighted by molar-refractivity contribution is 0.459. The van der Waals surface area contributed by atoms with Crippen molar-refractivity contribution in [2.24, 2.45) is 5.73 Å². The second-order valence-corrected chi connectivity index (χ2v) is 9.32. The van der Waals surface area contributed by atoms with E-state index in [4.69, 9.17) is 21.9 Å². The van der Waals surface area contributed by atoms with Gasteiger partial charge < -0.3 is 10.3 Å². The minimum Gasteiger partial charge on any atom is -0.356 e. The average molecular weight is 446 g/mol. The molecule has 0 spiro atoms. The lowest BCUT2D eigenvalue weighted by atomic mass is 9.94. The van der Waals surface area contributed by atoms with Crippen molar-refractivity contribution in [3.63, 3.8) is 0 Å². The van der Waals surface area contributed by atoms with E-state index in [9.17, 15) is 12.8 Å². The number of pyridine rings is 1. The Hall–Kier alpha value is -2.81. The molecule has 0 fully saturated rings. The largest absolute Gasteiger partial charge is 0.356 e. The van der Waals surface area contributed by atoms with Crippen LogP contribution in [-0.4, -0.2) is 24.8 Å². The summed E-state index contributed by atoms with van der Waals surface area (Å²) in [5.74, 6) is -0.614. The molecule has 30 heavy (non-hydrogen) atoms. The van der Waals surface area contributed by atoms with Gasteiger partial charge in [-0.3, -0.25) is 0 Å². The first-order chi connectivity index (χ1) is 14.2. The molecule has 4 aromatic rings. The predicted octanol–water partition coefficient (Wildman–Crippen LogP) is 4.33. The van der Waals surface area contributed by atoms with E-state index in [0.29, 0.717) is 21.9 Å². The van der Waals surface area contributed by atoms with Crippen molar-refractivity contribution in [3.8, 4) is 11.3 Å². The van der Waals surface area contributed by atoms with Crippen molar-refractivity contribution >= 4 is 32.4 Å². The monoisotopic (exact) mass is 445 g/mol. The molecule has 0 saturated carbocycles. The van der Waals surface area contributed by atoms with Gasteiger partial charge >= 0.3 is 0 Å². The zero-order valence-corrected chi connectivity index (χ0v) is 17.4. The molecular weight excluding hydrogens is 429 g/mol. The Bertz CT molecular complexity index is 1350. The molecule has 0 bridgehead atoms. The standard InChI is InChI=1S/C21H17ClFN3O3S/c1-30(27,28)20-9-8-16(23)18(25-20)11-17(24)13-4-2-3-5-14(13)21-15-7-6-12(22)10-19(15)29-26-21/h2-10,17H,11,24H2,1H3/t17-/m0/s1. The number of aromatic nitrogens is 2. The molecule has 4 rings (SSSR count). The van der Waals surface area contributed by atoms with E-state index in [0.717, 1.165) is 29.3 Å². The molecule has 2 aromatic carbocycles. The number of fused-ring (bicyclic) bond motifs is 1. The van der Waals surface area contributed by atoms with Gasteiger partial charge in [0.2, 0.25) is 0 Å². The third-order valence-electron chi connectivity index (χ3n) is 4.74. The van der Waals surface area contributed by atoms with Crippen LogP contribution in [0.25, 0.3) is 22.2 Å². The first-order valence-electron chi connectivity index (χ1n) is 8.99. The highest BCUT2D eigenvalue weighted by atomic mass is 35.5. The number of sulfone groups is 1. The fourth-order valence-corrected chi connectivity index (χ4v) is 4.03. The number of nitrogens with zero attached hydrogens (tertiary/aromatic N) is 2. The predicted molar refractivity (Wildman–Crippen MR) is 112 cm³/mol. The third kappa shape index (κ3) is 3.94. The van der Waals surface area contributed by atoms with Gasteiger partial charge in [-0.1, -0.05) is 41.0 Å². The number of benzene rings is 2. The maximum atomic E-state index is 14.3. The van der Waals surface area contributed by atoms with Gasteiger partial charge in [-0.05, 0) is 29.8 Å². The Balaban J connectivity index is 1.74. The fraction of sp³-hybridized carbons (Fsp3) is 0.143. The summed E-state index contributed by atoms with van der Waals surface area (Å²) in [7, 11) is -3.57. The molecule has 0 aliphatic rings. The first kappa shape index (κ1) is 20.5.